The Labute approximate surface area is 415 Å². The second-order valence-electron chi connectivity index (χ2n) is 22.5. The molecule has 0 radical (unpaired) electrons. The molecule has 0 aromatic heterocycles. The number of alkyl halides is 12. The first kappa shape index (κ1) is 53.5. The number of fused-ring (bicyclic) bond motifs is 11. The summed E-state index contributed by atoms with van der Waals surface area (Å²) in [6, 6.07) is 9.37. The van der Waals surface area contributed by atoms with Gasteiger partial charge in [-0.3, -0.25) is 0 Å². The van der Waals surface area contributed by atoms with Crippen LogP contribution in [-0.4, -0.2) is 17.0 Å². The topological polar surface area (TPSA) is 0 Å². The molecule has 2 bridgehead atoms. The van der Waals surface area contributed by atoms with Crippen molar-refractivity contribution in [2.24, 2.45) is 23.7 Å². The van der Waals surface area contributed by atoms with Gasteiger partial charge in [-0.25, -0.2) is 0 Å². The van der Waals surface area contributed by atoms with Crippen molar-refractivity contribution in [3.05, 3.63) is 88.0 Å². The van der Waals surface area contributed by atoms with Crippen LogP contribution in [0.5, 0.6) is 0 Å². The summed E-state index contributed by atoms with van der Waals surface area (Å²) >= 11 is 0. The first-order valence-corrected chi connectivity index (χ1v) is 29.8. The first-order valence-electron chi connectivity index (χ1n) is 27.0. The summed E-state index contributed by atoms with van der Waals surface area (Å²) in [5.41, 5.74) is -4.39. The van der Waals surface area contributed by atoms with Crippen molar-refractivity contribution < 1.29 is 52.7 Å². The van der Waals surface area contributed by atoms with Gasteiger partial charge in [-0.2, -0.15) is 52.7 Å². The highest BCUT2D eigenvalue weighted by atomic mass is 31.1. The Hall–Kier alpha value is -2.32. The van der Waals surface area contributed by atoms with Crippen molar-refractivity contribution in [1.29, 1.82) is 0 Å². The van der Waals surface area contributed by atoms with Gasteiger partial charge < -0.3 is 0 Å². The molecule has 14 heteroatoms. The standard InChI is InChI=1S/C57H70F12P2/c1-36(70(45-32-39(54(58,59)60)30-40(33-45)55(61,62)63)46-34-41(56(64,65)66)31-42(35-46)57(67,68)69)50-27-15-29-53(50)38-18-6-2-5-16-37(17-11-12-19-38)47-24-13-25-48(47)49-26-14-28-51(52(49)53)71(43-20-7-3-8-21-43)44-22-9-4-10-23-44/h14,26,28,30-38,43-44,47-48,50H,2-13,15-25,27,29H2,1H3/t36-,37?,38?,47?,48?,50?,53?/m1/s1. The summed E-state index contributed by atoms with van der Waals surface area (Å²) in [4.78, 5) is 0. The first-order chi connectivity index (χ1) is 33.7. The molecule has 9 rings (SSSR count). The summed E-state index contributed by atoms with van der Waals surface area (Å²) in [6.45, 7) is 1.76. The van der Waals surface area contributed by atoms with E-state index in [1.165, 1.54) is 35.7 Å². The van der Waals surface area contributed by atoms with Crippen molar-refractivity contribution in [1.82, 2.24) is 0 Å². The number of hydrogen-bond acceptors (Lipinski definition) is 0. The summed E-state index contributed by atoms with van der Waals surface area (Å²) in [7, 11) is -3.48. The molecule has 1 spiro atoms. The third kappa shape index (κ3) is 11.2. The van der Waals surface area contributed by atoms with Crippen molar-refractivity contribution in [3.8, 4) is 0 Å². The van der Waals surface area contributed by atoms with Gasteiger partial charge in [0.1, 0.15) is 0 Å². The van der Waals surface area contributed by atoms with Crippen LogP contribution in [0.25, 0.3) is 0 Å². The minimum Gasteiger partial charge on any atom is -0.166 e. The molecule has 6 aliphatic rings. The molecule has 0 nitrogen and oxygen atoms in total. The van der Waals surface area contributed by atoms with Crippen LogP contribution < -0.4 is 15.9 Å². The van der Waals surface area contributed by atoms with E-state index < -0.39 is 90.4 Å². The lowest BCUT2D eigenvalue weighted by atomic mass is 9.58. The minimum absolute atomic E-state index is 0.00296. The highest BCUT2D eigenvalue weighted by molar-refractivity contribution is 7.73. The lowest BCUT2D eigenvalue weighted by Crippen LogP contribution is -2.48. The molecule has 0 N–H and O–H groups in total. The molecule has 3 aromatic carbocycles. The quantitative estimate of drug-likeness (QED) is 0.163. The maximum absolute atomic E-state index is 14.9. The minimum atomic E-state index is -5.29. The van der Waals surface area contributed by atoms with Gasteiger partial charge in [0.2, 0.25) is 0 Å². The largest absolute Gasteiger partial charge is 0.416 e. The average Bonchev–Trinajstić information content (AvgIpc) is 3.98. The fraction of sp³-hybridized carbons (Fsp3) is 0.684. The SMILES string of the molecule is C[C@H](C1CCCC12c1c(cccc1P(C1CCCCC1)C1CCCCC1)C1CCCC1C1CCCCCC2CCCC1)P(c1cc(C(F)(F)F)cc(C(F)(F)F)c1)c1cc(C(F)(F)F)cc(C(F)(F)F)c1. The fourth-order valence-corrected chi connectivity index (χ4v) is 22.9. The summed E-state index contributed by atoms with van der Waals surface area (Å²) < 4.78 is 178. The molecule has 5 fully saturated rings. The number of hydrogen-bond donors (Lipinski definition) is 0. The molecule has 7 atom stereocenters. The Balaban J connectivity index is 1.35. The highest BCUT2D eigenvalue weighted by Crippen LogP contribution is 2.66. The van der Waals surface area contributed by atoms with Gasteiger partial charge in [0.05, 0.1) is 22.3 Å². The van der Waals surface area contributed by atoms with Gasteiger partial charge in [-0.05, 0) is 182 Å². The Bertz CT molecular complexity index is 2130. The second kappa shape index (κ2) is 21.4. The van der Waals surface area contributed by atoms with E-state index in [0.717, 1.165) is 122 Å². The zero-order valence-electron chi connectivity index (χ0n) is 40.9. The molecule has 3 aromatic rings. The maximum atomic E-state index is 14.9. The predicted octanol–water partition coefficient (Wildman–Crippen LogP) is 18.7. The fourth-order valence-electron chi connectivity index (χ4n) is 15.6. The van der Waals surface area contributed by atoms with Crippen LogP contribution in [0.3, 0.4) is 0 Å². The van der Waals surface area contributed by atoms with E-state index in [9.17, 15) is 52.7 Å². The number of halogens is 12. The highest BCUT2D eigenvalue weighted by Gasteiger charge is 2.56. The Morgan fingerprint density at radius 2 is 0.930 bits per heavy atom. The van der Waals surface area contributed by atoms with E-state index in [0.29, 0.717) is 66.7 Å². The molecule has 6 unspecified atom stereocenters. The zero-order chi connectivity index (χ0) is 50.5. The smallest absolute Gasteiger partial charge is 0.166 e. The molecule has 0 aliphatic heterocycles. The van der Waals surface area contributed by atoms with Crippen LogP contribution in [0, 0.1) is 23.7 Å². The zero-order valence-corrected chi connectivity index (χ0v) is 42.7. The predicted molar refractivity (Wildman–Crippen MR) is 263 cm³/mol. The second-order valence-corrected chi connectivity index (χ2v) is 27.8. The molecule has 392 valence electrons. The van der Waals surface area contributed by atoms with Gasteiger partial charge in [0, 0.05) is 5.41 Å². The molecule has 0 amide bonds. The summed E-state index contributed by atoms with van der Waals surface area (Å²) in [5, 5.41) is 0.399. The molecule has 71 heavy (non-hydrogen) atoms. The Kier molecular flexibility index (Phi) is 16.1. The van der Waals surface area contributed by atoms with Gasteiger partial charge in [-0.15, -0.1) is 0 Å². The van der Waals surface area contributed by atoms with E-state index in [2.05, 4.69) is 18.2 Å². The lowest BCUT2D eigenvalue weighted by Gasteiger charge is -2.51. The van der Waals surface area contributed by atoms with Gasteiger partial charge >= 0.3 is 24.7 Å². The van der Waals surface area contributed by atoms with Crippen LogP contribution in [-0.2, 0) is 30.1 Å². The van der Waals surface area contributed by atoms with Crippen molar-refractivity contribution in [2.75, 3.05) is 0 Å². The number of benzene rings is 3. The molecule has 0 heterocycles. The Morgan fingerprint density at radius 3 is 1.42 bits per heavy atom. The molecular weight excluding hydrogens is 975 g/mol. The monoisotopic (exact) mass is 1040 g/mol. The van der Waals surface area contributed by atoms with Crippen LogP contribution in [0.15, 0.2) is 54.6 Å². The van der Waals surface area contributed by atoms with Crippen LogP contribution >= 0.6 is 15.8 Å². The van der Waals surface area contributed by atoms with Gasteiger partial charge in [0.25, 0.3) is 0 Å². The van der Waals surface area contributed by atoms with Crippen LogP contribution in [0.1, 0.15) is 207 Å². The average molecular weight is 1050 g/mol. The van der Waals surface area contributed by atoms with E-state index in [1.54, 1.807) is 6.92 Å². The lowest BCUT2D eigenvalue weighted by molar-refractivity contribution is -0.144. The van der Waals surface area contributed by atoms with Crippen LogP contribution in [0.2, 0.25) is 0 Å². The molecule has 0 saturated heterocycles. The third-order valence-electron chi connectivity index (χ3n) is 18.5. The summed E-state index contributed by atoms with van der Waals surface area (Å²) in [6.07, 6.45) is 4.67. The van der Waals surface area contributed by atoms with E-state index in [4.69, 9.17) is 0 Å². The van der Waals surface area contributed by atoms with Gasteiger partial charge in [-0.1, -0.05) is 129 Å². The Morgan fingerprint density at radius 1 is 0.479 bits per heavy atom. The van der Waals surface area contributed by atoms with E-state index in [-0.39, 0.29) is 24.0 Å². The van der Waals surface area contributed by atoms with Gasteiger partial charge in [0.15, 0.2) is 0 Å². The molecule has 6 aliphatic carbocycles. The molecular formula is C57H70F12P2. The maximum Gasteiger partial charge on any atom is 0.416 e. The number of rotatable bonds is 7. The van der Waals surface area contributed by atoms with Crippen molar-refractivity contribution >= 4 is 31.8 Å². The summed E-state index contributed by atoms with van der Waals surface area (Å²) in [5.74, 6) is 0.867. The van der Waals surface area contributed by atoms with Crippen LogP contribution in [0.4, 0.5) is 52.7 Å². The van der Waals surface area contributed by atoms with Crippen molar-refractivity contribution in [3.63, 3.8) is 0 Å². The third-order valence-corrected chi connectivity index (χ3v) is 24.9. The van der Waals surface area contributed by atoms with E-state index >= 15 is 0 Å². The normalized spacial score (nSPS) is 28.4. The van der Waals surface area contributed by atoms with Crippen molar-refractivity contribution in [2.45, 2.75) is 220 Å². The van der Waals surface area contributed by atoms with E-state index in [1.807, 2.05) is 0 Å². The molecule has 5 saturated carbocycles.